The van der Waals surface area contributed by atoms with E-state index in [9.17, 15) is 18.0 Å². The van der Waals surface area contributed by atoms with Crippen molar-refractivity contribution in [1.82, 2.24) is 16.0 Å². The predicted octanol–water partition coefficient (Wildman–Crippen LogP) is 0.210. The van der Waals surface area contributed by atoms with Crippen LogP contribution in [-0.4, -0.2) is 37.9 Å². The first-order valence-electron chi connectivity index (χ1n) is 4.29. The maximum Gasteiger partial charge on any atom is 0.405 e. The summed E-state index contributed by atoms with van der Waals surface area (Å²) < 4.78 is 35.0. The molecule has 7 heteroatoms. The average Bonchev–Trinajstić information content (AvgIpc) is 2.52. The van der Waals surface area contributed by atoms with Crippen molar-refractivity contribution in [2.75, 3.05) is 19.6 Å². The molecule has 0 unspecified atom stereocenters. The summed E-state index contributed by atoms with van der Waals surface area (Å²) in [5, 5.41) is 7.17. The van der Waals surface area contributed by atoms with Crippen LogP contribution in [0.25, 0.3) is 0 Å². The molecule has 1 aliphatic heterocycles. The molecule has 1 aliphatic rings. The van der Waals surface area contributed by atoms with Gasteiger partial charge < -0.3 is 16.0 Å². The Balaban J connectivity index is 2.15. The molecule has 1 saturated heterocycles. The summed E-state index contributed by atoms with van der Waals surface area (Å²) in [4.78, 5) is 10.9. The minimum Gasteiger partial charge on any atom is -0.334 e. The number of alkyl halides is 3. The van der Waals surface area contributed by atoms with Crippen molar-refractivity contribution in [3.8, 4) is 0 Å². The van der Waals surface area contributed by atoms with Crippen molar-refractivity contribution in [3.63, 3.8) is 0 Å². The summed E-state index contributed by atoms with van der Waals surface area (Å²) in [7, 11) is 0. The molecular weight excluding hydrogens is 199 g/mol. The van der Waals surface area contributed by atoms with Gasteiger partial charge in [0.15, 0.2) is 0 Å². The second-order valence-corrected chi connectivity index (χ2v) is 3.13. The maximum atomic E-state index is 11.7. The van der Waals surface area contributed by atoms with Gasteiger partial charge in [0.2, 0.25) is 0 Å². The van der Waals surface area contributed by atoms with E-state index in [4.69, 9.17) is 0 Å². The lowest BCUT2D eigenvalue weighted by Crippen LogP contribution is -2.45. The fourth-order valence-corrected chi connectivity index (χ4v) is 1.19. The highest BCUT2D eigenvalue weighted by molar-refractivity contribution is 5.74. The van der Waals surface area contributed by atoms with Gasteiger partial charge in [0.05, 0.1) is 0 Å². The van der Waals surface area contributed by atoms with Gasteiger partial charge in [0, 0.05) is 12.6 Å². The van der Waals surface area contributed by atoms with Crippen LogP contribution in [0.1, 0.15) is 6.42 Å². The number of hydrogen-bond donors (Lipinski definition) is 3. The first kappa shape index (κ1) is 11.1. The highest BCUT2D eigenvalue weighted by Gasteiger charge is 2.28. The van der Waals surface area contributed by atoms with Crippen molar-refractivity contribution in [1.29, 1.82) is 0 Å². The minimum absolute atomic E-state index is 0.0665. The molecule has 0 aliphatic carbocycles. The lowest BCUT2D eigenvalue weighted by molar-refractivity contribution is -0.122. The van der Waals surface area contributed by atoms with Crippen LogP contribution in [0, 0.1) is 0 Å². The fraction of sp³-hybridized carbons (Fsp3) is 0.857. The van der Waals surface area contributed by atoms with Crippen molar-refractivity contribution < 1.29 is 18.0 Å². The van der Waals surface area contributed by atoms with E-state index in [0.717, 1.165) is 13.0 Å². The number of urea groups is 1. The van der Waals surface area contributed by atoms with Gasteiger partial charge in [0.25, 0.3) is 0 Å². The SMILES string of the molecule is O=C(NCC(F)(F)F)N[C@@H]1CCNC1. The van der Waals surface area contributed by atoms with Gasteiger partial charge in [0.1, 0.15) is 6.54 Å². The smallest absolute Gasteiger partial charge is 0.334 e. The van der Waals surface area contributed by atoms with Gasteiger partial charge in [-0.15, -0.1) is 0 Å². The van der Waals surface area contributed by atoms with E-state index in [1.165, 1.54) is 0 Å². The Kier molecular flexibility index (Phi) is 3.56. The van der Waals surface area contributed by atoms with Crippen LogP contribution in [0.5, 0.6) is 0 Å². The normalized spacial score (nSPS) is 22.1. The number of halogens is 3. The third-order valence-corrected chi connectivity index (χ3v) is 1.84. The Labute approximate surface area is 79.2 Å². The molecule has 0 radical (unpaired) electrons. The van der Waals surface area contributed by atoms with Gasteiger partial charge in [-0.1, -0.05) is 0 Å². The molecule has 1 fully saturated rings. The topological polar surface area (TPSA) is 53.2 Å². The summed E-state index contributed by atoms with van der Waals surface area (Å²) >= 11 is 0. The number of carbonyl (C=O) groups is 1. The van der Waals surface area contributed by atoms with Crippen LogP contribution in [0.2, 0.25) is 0 Å². The van der Waals surface area contributed by atoms with E-state index in [2.05, 4.69) is 10.6 Å². The van der Waals surface area contributed by atoms with E-state index in [-0.39, 0.29) is 6.04 Å². The molecule has 0 aromatic rings. The Hall–Kier alpha value is -0.980. The molecule has 1 rings (SSSR count). The molecule has 0 aromatic carbocycles. The lowest BCUT2D eigenvalue weighted by atomic mass is 10.3. The van der Waals surface area contributed by atoms with Crippen LogP contribution in [0.3, 0.4) is 0 Å². The monoisotopic (exact) mass is 211 g/mol. The molecule has 4 nitrogen and oxygen atoms in total. The van der Waals surface area contributed by atoms with Crippen LogP contribution in [-0.2, 0) is 0 Å². The molecule has 1 heterocycles. The maximum absolute atomic E-state index is 11.7. The van der Waals surface area contributed by atoms with Crippen molar-refractivity contribution >= 4 is 6.03 Å². The van der Waals surface area contributed by atoms with Crippen molar-refractivity contribution in [2.24, 2.45) is 0 Å². The fourth-order valence-electron chi connectivity index (χ4n) is 1.19. The molecule has 3 N–H and O–H groups in total. The summed E-state index contributed by atoms with van der Waals surface area (Å²) in [6, 6.07) is -0.834. The molecule has 1 atom stereocenters. The molecule has 2 amide bonds. The van der Waals surface area contributed by atoms with Crippen molar-refractivity contribution in [2.45, 2.75) is 18.6 Å². The molecule has 14 heavy (non-hydrogen) atoms. The van der Waals surface area contributed by atoms with E-state index >= 15 is 0 Å². The molecule has 0 bridgehead atoms. The Bertz CT molecular complexity index is 201. The molecule has 0 saturated carbocycles. The molecular formula is C7H12F3N3O. The highest BCUT2D eigenvalue weighted by atomic mass is 19.4. The number of nitrogens with one attached hydrogen (secondary N) is 3. The van der Waals surface area contributed by atoms with Crippen LogP contribution >= 0.6 is 0 Å². The molecule has 82 valence electrons. The predicted molar refractivity (Wildman–Crippen MR) is 43.9 cm³/mol. The van der Waals surface area contributed by atoms with Gasteiger partial charge in [-0.2, -0.15) is 13.2 Å². The number of amides is 2. The molecule has 0 spiro atoms. The number of carbonyl (C=O) groups excluding carboxylic acids is 1. The van der Waals surface area contributed by atoms with Gasteiger partial charge >= 0.3 is 12.2 Å². The van der Waals surface area contributed by atoms with E-state index < -0.39 is 18.8 Å². The summed E-state index contributed by atoms with van der Waals surface area (Å²) in [6.07, 6.45) is -3.61. The van der Waals surface area contributed by atoms with E-state index in [1.807, 2.05) is 0 Å². The lowest BCUT2D eigenvalue weighted by Gasteiger charge is -2.13. The summed E-state index contributed by atoms with van der Waals surface area (Å²) in [6.45, 7) is 0.0998. The Morgan fingerprint density at radius 2 is 2.21 bits per heavy atom. The highest BCUT2D eigenvalue weighted by Crippen LogP contribution is 2.11. The van der Waals surface area contributed by atoms with E-state index in [0.29, 0.717) is 6.54 Å². The van der Waals surface area contributed by atoms with Crippen LogP contribution in [0.15, 0.2) is 0 Å². The largest absolute Gasteiger partial charge is 0.405 e. The second kappa shape index (κ2) is 4.50. The number of hydrogen-bond acceptors (Lipinski definition) is 2. The molecule has 0 aromatic heterocycles. The second-order valence-electron chi connectivity index (χ2n) is 3.13. The van der Waals surface area contributed by atoms with Crippen LogP contribution in [0.4, 0.5) is 18.0 Å². The Morgan fingerprint density at radius 1 is 1.50 bits per heavy atom. The van der Waals surface area contributed by atoms with E-state index in [1.54, 1.807) is 5.32 Å². The first-order chi connectivity index (χ1) is 6.47. The summed E-state index contributed by atoms with van der Waals surface area (Å²) in [5.74, 6) is 0. The Morgan fingerprint density at radius 3 is 2.71 bits per heavy atom. The standard InChI is InChI=1S/C7H12F3N3O/c8-7(9,10)4-12-6(14)13-5-1-2-11-3-5/h5,11H,1-4H2,(H2,12,13,14)/t5-/m1/s1. The zero-order chi connectivity index (χ0) is 10.6. The van der Waals surface area contributed by atoms with Gasteiger partial charge in [-0.05, 0) is 13.0 Å². The first-order valence-corrected chi connectivity index (χ1v) is 4.29. The summed E-state index contributed by atoms with van der Waals surface area (Å²) in [5.41, 5.74) is 0. The minimum atomic E-state index is -4.36. The van der Waals surface area contributed by atoms with Crippen LogP contribution < -0.4 is 16.0 Å². The number of rotatable bonds is 2. The van der Waals surface area contributed by atoms with Crippen molar-refractivity contribution in [3.05, 3.63) is 0 Å². The zero-order valence-electron chi connectivity index (χ0n) is 7.45. The third-order valence-electron chi connectivity index (χ3n) is 1.84. The van der Waals surface area contributed by atoms with Gasteiger partial charge in [-0.25, -0.2) is 4.79 Å². The van der Waals surface area contributed by atoms with Gasteiger partial charge in [-0.3, -0.25) is 0 Å². The third kappa shape index (κ3) is 4.31. The zero-order valence-corrected chi connectivity index (χ0v) is 7.45. The quantitative estimate of drug-likeness (QED) is 0.611. The average molecular weight is 211 g/mol.